The minimum Gasteiger partial charge on any atom is -0.422 e. The molecular weight excluding hydrogens is 204 g/mol. The number of ether oxygens (including phenoxy) is 1. The van der Waals surface area contributed by atoms with Crippen molar-refractivity contribution in [3.8, 4) is 11.8 Å². The summed E-state index contributed by atoms with van der Waals surface area (Å²) < 4.78 is 5.51. The average molecular weight is 216 g/mol. The lowest BCUT2D eigenvalue weighted by Gasteiger charge is -2.06. The van der Waals surface area contributed by atoms with E-state index in [9.17, 15) is 0 Å². The summed E-state index contributed by atoms with van der Waals surface area (Å²) in [5.74, 6) is 0.650. The Morgan fingerprint density at radius 1 is 1.25 bits per heavy atom. The highest BCUT2D eigenvalue weighted by atomic mass is 16.5. The van der Waals surface area contributed by atoms with Crippen molar-refractivity contribution < 1.29 is 4.74 Å². The molecule has 2 N–H and O–H groups in total. The van der Waals surface area contributed by atoms with Crippen molar-refractivity contribution in [2.24, 2.45) is 5.73 Å². The van der Waals surface area contributed by atoms with E-state index >= 15 is 0 Å². The Labute approximate surface area is 93.3 Å². The normalized spacial score (nSPS) is 10.1. The maximum atomic E-state index is 5.51. The number of rotatable bonds is 3. The third-order valence-electron chi connectivity index (χ3n) is 2.06. The summed E-state index contributed by atoms with van der Waals surface area (Å²) >= 11 is 0. The van der Waals surface area contributed by atoms with Crippen molar-refractivity contribution in [3.63, 3.8) is 0 Å². The van der Waals surface area contributed by atoms with Gasteiger partial charge in [0.25, 0.3) is 0 Å². The number of nitrogens with zero attached hydrogens (tertiary/aromatic N) is 3. The van der Waals surface area contributed by atoms with E-state index in [-0.39, 0.29) is 0 Å². The summed E-state index contributed by atoms with van der Waals surface area (Å²) in [5.41, 5.74) is 7.02. The summed E-state index contributed by atoms with van der Waals surface area (Å²) in [4.78, 5) is 12.3. The highest BCUT2D eigenvalue weighted by Crippen LogP contribution is 2.19. The Kier molecular flexibility index (Phi) is 3.07. The molecule has 0 aliphatic rings. The van der Waals surface area contributed by atoms with Crippen molar-refractivity contribution in [1.82, 2.24) is 15.0 Å². The van der Waals surface area contributed by atoms with E-state index in [4.69, 9.17) is 10.5 Å². The van der Waals surface area contributed by atoms with Crippen LogP contribution < -0.4 is 10.5 Å². The second-order valence-electron chi connectivity index (χ2n) is 3.22. The molecule has 0 bridgehead atoms. The van der Waals surface area contributed by atoms with Gasteiger partial charge in [-0.3, -0.25) is 4.98 Å². The van der Waals surface area contributed by atoms with E-state index in [1.54, 1.807) is 24.5 Å². The number of nitrogens with two attached hydrogens (primary N) is 1. The largest absolute Gasteiger partial charge is 0.422 e. The van der Waals surface area contributed by atoms with Crippen LogP contribution in [0, 0.1) is 6.92 Å². The minimum atomic E-state index is 0.291. The first-order valence-corrected chi connectivity index (χ1v) is 4.91. The summed E-state index contributed by atoms with van der Waals surface area (Å²) in [6, 6.07) is 5.66. The van der Waals surface area contributed by atoms with E-state index in [1.807, 2.05) is 13.0 Å². The van der Waals surface area contributed by atoms with Crippen molar-refractivity contribution >= 4 is 0 Å². The van der Waals surface area contributed by atoms with Crippen LogP contribution in [-0.4, -0.2) is 15.0 Å². The molecule has 2 aromatic heterocycles. The van der Waals surface area contributed by atoms with Gasteiger partial charge in [0.1, 0.15) is 0 Å². The number of aryl methyl sites for hydroxylation is 1. The molecule has 0 saturated heterocycles. The third-order valence-corrected chi connectivity index (χ3v) is 2.06. The Balaban J connectivity index is 2.24. The van der Waals surface area contributed by atoms with E-state index in [1.165, 1.54) is 0 Å². The van der Waals surface area contributed by atoms with Gasteiger partial charge in [0.2, 0.25) is 0 Å². The average Bonchev–Trinajstić information content (AvgIpc) is 2.32. The summed E-state index contributed by atoms with van der Waals surface area (Å²) in [6.07, 6.45) is 3.33. The molecule has 82 valence electrons. The molecule has 2 heterocycles. The molecule has 0 atom stereocenters. The van der Waals surface area contributed by atoms with E-state index in [0.29, 0.717) is 18.3 Å². The van der Waals surface area contributed by atoms with Crippen LogP contribution in [0.4, 0.5) is 0 Å². The second kappa shape index (κ2) is 4.67. The first-order valence-electron chi connectivity index (χ1n) is 4.91. The van der Waals surface area contributed by atoms with E-state index < -0.39 is 0 Å². The Bertz CT molecular complexity index is 487. The fourth-order valence-corrected chi connectivity index (χ4v) is 1.21. The van der Waals surface area contributed by atoms with Gasteiger partial charge in [-0.2, -0.15) is 4.98 Å². The van der Waals surface area contributed by atoms with Crippen molar-refractivity contribution in [2.45, 2.75) is 13.5 Å². The molecule has 0 spiro atoms. The highest BCUT2D eigenvalue weighted by Gasteiger charge is 2.04. The molecule has 0 radical (unpaired) electrons. The van der Waals surface area contributed by atoms with Crippen molar-refractivity contribution in [2.75, 3.05) is 0 Å². The predicted molar refractivity (Wildman–Crippen MR) is 59.0 cm³/mol. The molecule has 2 aromatic rings. The quantitative estimate of drug-likeness (QED) is 0.840. The van der Waals surface area contributed by atoms with Gasteiger partial charge in [-0.05, 0) is 25.1 Å². The fourth-order valence-electron chi connectivity index (χ4n) is 1.21. The van der Waals surface area contributed by atoms with Gasteiger partial charge in [0, 0.05) is 18.9 Å². The van der Waals surface area contributed by atoms with Crippen LogP contribution in [0.25, 0.3) is 0 Å². The van der Waals surface area contributed by atoms with Gasteiger partial charge in [-0.15, -0.1) is 0 Å². The number of hydrogen-bond donors (Lipinski definition) is 1. The Morgan fingerprint density at radius 3 is 2.88 bits per heavy atom. The number of aromatic nitrogens is 3. The van der Waals surface area contributed by atoms with Gasteiger partial charge in [-0.1, -0.05) is 0 Å². The summed E-state index contributed by atoms with van der Waals surface area (Å²) in [5, 5.41) is 0. The van der Waals surface area contributed by atoms with Crippen LogP contribution in [0.15, 0.2) is 30.6 Å². The molecule has 0 saturated carbocycles. The molecule has 5 heteroatoms. The van der Waals surface area contributed by atoms with Crippen LogP contribution in [0.3, 0.4) is 0 Å². The second-order valence-corrected chi connectivity index (χ2v) is 3.22. The van der Waals surface area contributed by atoms with Crippen LogP contribution in [-0.2, 0) is 6.54 Å². The zero-order valence-electron chi connectivity index (χ0n) is 8.92. The highest BCUT2D eigenvalue weighted by molar-refractivity contribution is 5.28. The minimum absolute atomic E-state index is 0.291. The van der Waals surface area contributed by atoms with Gasteiger partial charge >= 0.3 is 6.01 Å². The lowest BCUT2D eigenvalue weighted by molar-refractivity contribution is 0.434. The first kappa shape index (κ1) is 10.5. The predicted octanol–water partition coefficient (Wildman–Crippen LogP) is 1.43. The van der Waals surface area contributed by atoms with Crippen LogP contribution >= 0.6 is 0 Å². The van der Waals surface area contributed by atoms with Gasteiger partial charge in [0.05, 0.1) is 11.4 Å². The standard InChI is InChI=1S/C11H12N4O/c1-8-10(3-2-5-13-8)16-11-14-6-4-9(7-12)15-11/h2-6H,7,12H2,1H3. The molecule has 0 aromatic carbocycles. The topological polar surface area (TPSA) is 73.9 Å². The lowest BCUT2D eigenvalue weighted by atomic mass is 10.3. The first-order chi connectivity index (χ1) is 7.79. The zero-order chi connectivity index (χ0) is 11.4. The molecule has 0 unspecified atom stereocenters. The monoisotopic (exact) mass is 216 g/mol. The molecule has 0 amide bonds. The molecule has 0 aliphatic heterocycles. The van der Waals surface area contributed by atoms with Gasteiger partial charge in [0.15, 0.2) is 5.75 Å². The zero-order valence-corrected chi connectivity index (χ0v) is 8.92. The molecule has 2 rings (SSSR count). The molecule has 5 nitrogen and oxygen atoms in total. The third kappa shape index (κ3) is 2.32. The van der Waals surface area contributed by atoms with Crippen LogP contribution in [0.5, 0.6) is 11.8 Å². The van der Waals surface area contributed by atoms with Crippen molar-refractivity contribution in [1.29, 1.82) is 0 Å². The fraction of sp³-hybridized carbons (Fsp3) is 0.182. The van der Waals surface area contributed by atoms with Gasteiger partial charge < -0.3 is 10.5 Å². The maximum absolute atomic E-state index is 5.51. The van der Waals surface area contributed by atoms with E-state index in [0.717, 1.165) is 11.4 Å². The molecule has 0 fully saturated rings. The molecule has 0 aliphatic carbocycles. The molecule has 16 heavy (non-hydrogen) atoms. The smallest absolute Gasteiger partial charge is 0.322 e. The maximum Gasteiger partial charge on any atom is 0.322 e. The number of hydrogen-bond acceptors (Lipinski definition) is 5. The lowest BCUT2D eigenvalue weighted by Crippen LogP contribution is -2.02. The van der Waals surface area contributed by atoms with Crippen LogP contribution in [0.2, 0.25) is 0 Å². The van der Waals surface area contributed by atoms with E-state index in [2.05, 4.69) is 15.0 Å². The summed E-state index contributed by atoms with van der Waals surface area (Å²) in [6.45, 7) is 2.23. The molecular formula is C11H12N4O. The Morgan fingerprint density at radius 2 is 2.12 bits per heavy atom. The summed E-state index contributed by atoms with van der Waals surface area (Å²) in [7, 11) is 0. The Hall–Kier alpha value is -2.01. The van der Waals surface area contributed by atoms with Crippen LogP contribution in [0.1, 0.15) is 11.4 Å². The van der Waals surface area contributed by atoms with Crippen molar-refractivity contribution in [3.05, 3.63) is 42.0 Å². The SMILES string of the molecule is Cc1ncccc1Oc1nccc(CN)n1. The van der Waals surface area contributed by atoms with Gasteiger partial charge in [-0.25, -0.2) is 4.98 Å². The number of pyridine rings is 1.